The third-order valence-corrected chi connectivity index (χ3v) is 8.13. The van der Waals surface area contributed by atoms with Gasteiger partial charge < -0.3 is 15.5 Å². The number of nitrogens with one attached hydrogen (secondary N) is 2. The molecule has 3 aromatic carbocycles. The Balaban J connectivity index is 1.40. The molecule has 1 aliphatic rings. The van der Waals surface area contributed by atoms with Crippen LogP contribution in [0.3, 0.4) is 0 Å². The van der Waals surface area contributed by atoms with Gasteiger partial charge in [0.15, 0.2) is 0 Å². The molecule has 8 nitrogen and oxygen atoms in total. The maximum atomic E-state index is 13.6. The molecule has 2 unspecified atom stereocenters. The molecular formula is C31H31Cl2N5O3. The van der Waals surface area contributed by atoms with Crippen molar-refractivity contribution < 1.29 is 9.59 Å². The lowest BCUT2D eigenvalue weighted by atomic mass is 10.00. The molecule has 2 atom stereocenters. The van der Waals surface area contributed by atoms with Gasteiger partial charge in [-0.05, 0) is 73.8 Å². The molecule has 0 aliphatic carbocycles. The molecule has 10 heteroatoms. The maximum absolute atomic E-state index is 13.6. The molecule has 0 radical (unpaired) electrons. The molecule has 0 saturated carbocycles. The lowest BCUT2D eigenvalue weighted by Gasteiger charge is -2.27. The van der Waals surface area contributed by atoms with E-state index in [-0.39, 0.29) is 22.9 Å². The summed E-state index contributed by atoms with van der Waals surface area (Å²) in [6.45, 7) is 5.80. The Bertz CT molecular complexity index is 1630. The van der Waals surface area contributed by atoms with Gasteiger partial charge in [0.25, 0.3) is 5.56 Å². The first-order valence-corrected chi connectivity index (χ1v) is 14.3. The van der Waals surface area contributed by atoms with E-state index in [1.807, 2.05) is 48.5 Å². The zero-order valence-electron chi connectivity index (χ0n) is 22.9. The fraction of sp³-hybridized carbons (Fsp3) is 0.290. The Kier molecular flexibility index (Phi) is 8.73. The summed E-state index contributed by atoms with van der Waals surface area (Å²) >= 11 is 12.4. The monoisotopic (exact) mass is 591 g/mol. The van der Waals surface area contributed by atoms with Crippen LogP contribution in [0.4, 0.5) is 5.69 Å². The summed E-state index contributed by atoms with van der Waals surface area (Å²) in [5.74, 6) is -0.398. The van der Waals surface area contributed by atoms with Crippen molar-refractivity contribution >= 4 is 51.7 Å². The molecule has 2 heterocycles. The molecule has 1 fully saturated rings. The third kappa shape index (κ3) is 6.62. The van der Waals surface area contributed by atoms with Crippen molar-refractivity contribution in [2.45, 2.75) is 38.8 Å². The van der Waals surface area contributed by atoms with Crippen LogP contribution in [0.15, 0.2) is 71.7 Å². The summed E-state index contributed by atoms with van der Waals surface area (Å²) in [6.07, 6.45) is 3.46. The van der Waals surface area contributed by atoms with E-state index in [0.29, 0.717) is 22.6 Å². The number of halogens is 2. The van der Waals surface area contributed by atoms with Gasteiger partial charge in [0.1, 0.15) is 6.04 Å². The Morgan fingerprint density at radius 2 is 1.56 bits per heavy atom. The van der Waals surface area contributed by atoms with E-state index in [0.717, 1.165) is 48.3 Å². The van der Waals surface area contributed by atoms with Gasteiger partial charge >= 0.3 is 0 Å². The van der Waals surface area contributed by atoms with E-state index in [2.05, 4.69) is 20.5 Å². The van der Waals surface area contributed by atoms with Gasteiger partial charge in [0.2, 0.25) is 11.8 Å². The third-order valence-electron chi connectivity index (χ3n) is 7.40. The summed E-state index contributed by atoms with van der Waals surface area (Å²) in [6, 6.07) is 17.8. The van der Waals surface area contributed by atoms with E-state index >= 15 is 0 Å². The van der Waals surface area contributed by atoms with Crippen molar-refractivity contribution in [2.75, 3.05) is 25.0 Å². The lowest BCUT2D eigenvalue weighted by molar-refractivity contribution is -0.124. The summed E-state index contributed by atoms with van der Waals surface area (Å²) < 4.78 is 1.40. The highest BCUT2D eigenvalue weighted by Crippen LogP contribution is 2.28. The summed E-state index contributed by atoms with van der Waals surface area (Å²) in [5, 5.41) is 6.59. The summed E-state index contributed by atoms with van der Waals surface area (Å²) in [4.78, 5) is 44.4. The fourth-order valence-corrected chi connectivity index (χ4v) is 5.57. The minimum atomic E-state index is -0.812. The number of hydrogen-bond acceptors (Lipinski definition) is 5. The highest BCUT2D eigenvalue weighted by Gasteiger charge is 2.25. The number of hydrogen-bond donors (Lipinski definition) is 2. The quantitative estimate of drug-likeness (QED) is 0.268. The van der Waals surface area contributed by atoms with Crippen molar-refractivity contribution in [3.63, 3.8) is 0 Å². The van der Waals surface area contributed by atoms with E-state index in [4.69, 9.17) is 23.2 Å². The van der Waals surface area contributed by atoms with Gasteiger partial charge in [-0.1, -0.05) is 59.6 Å². The molecule has 1 aliphatic heterocycles. The van der Waals surface area contributed by atoms with Gasteiger partial charge in [-0.3, -0.25) is 19.0 Å². The van der Waals surface area contributed by atoms with E-state index < -0.39 is 11.6 Å². The maximum Gasteiger partial charge on any atom is 0.270 e. The molecule has 5 rings (SSSR count). The first-order valence-electron chi connectivity index (χ1n) is 13.6. The van der Waals surface area contributed by atoms with E-state index in [9.17, 15) is 14.4 Å². The summed E-state index contributed by atoms with van der Waals surface area (Å²) in [7, 11) is 0. The van der Waals surface area contributed by atoms with Gasteiger partial charge in [0.05, 0.1) is 33.3 Å². The number of carbonyl (C=O) groups is 2. The zero-order chi connectivity index (χ0) is 29.1. The molecule has 212 valence electrons. The minimum Gasteiger partial charge on any atom is -0.346 e. The minimum absolute atomic E-state index is 0.113. The van der Waals surface area contributed by atoms with Crippen LogP contribution in [0.2, 0.25) is 10.0 Å². The van der Waals surface area contributed by atoms with Crippen molar-refractivity contribution in [3.8, 4) is 11.1 Å². The topological polar surface area (TPSA) is 96.3 Å². The van der Waals surface area contributed by atoms with Crippen molar-refractivity contribution in [1.29, 1.82) is 0 Å². The SMILES string of the molecule is CC(=O)Nc1ccc(-c2ccc(C(CN3CCCC3)NC(=O)C(C)n3c(=O)cnc4cc(Cl)c(Cl)cc43)cc2)cc1. The number of likely N-dealkylation sites (tertiary alicyclic amines) is 1. The highest BCUT2D eigenvalue weighted by atomic mass is 35.5. The molecular weight excluding hydrogens is 561 g/mol. The van der Waals surface area contributed by atoms with Gasteiger partial charge in [0, 0.05) is 19.2 Å². The van der Waals surface area contributed by atoms with Crippen molar-refractivity contribution in [1.82, 2.24) is 19.8 Å². The highest BCUT2D eigenvalue weighted by molar-refractivity contribution is 6.42. The number of fused-ring (bicyclic) bond motifs is 1. The second-order valence-electron chi connectivity index (χ2n) is 10.3. The predicted molar refractivity (Wildman–Crippen MR) is 163 cm³/mol. The summed E-state index contributed by atoms with van der Waals surface area (Å²) in [5.41, 5.74) is 4.27. The Hall–Kier alpha value is -3.72. The second-order valence-corrected chi connectivity index (χ2v) is 11.2. The fourth-order valence-electron chi connectivity index (χ4n) is 5.25. The molecule has 0 bridgehead atoms. The van der Waals surface area contributed by atoms with Crippen LogP contribution in [0.5, 0.6) is 0 Å². The molecule has 0 spiro atoms. The number of aromatic nitrogens is 2. The van der Waals surface area contributed by atoms with Gasteiger partial charge in [-0.25, -0.2) is 4.98 Å². The molecule has 1 saturated heterocycles. The van der Waals surface area contributed by atoms with Crippen molar-refractivity contribution in [2.24, 2.45) is 0 Å². The second kappa shape index (κ2) is 12.4. The largest absolute Gasteiger partial charge is 0.346 e. The average molecular weight is 593 g/mol. The zero-order valence-corrected chi connectivity index (χ0v) is 24.4. The Morgan fingerprint density at radius 3 is 2.20 bits per heavy atom. The van der Waals surface area contributed by atoms with Crippen LogP contribution in [-0.2, 0) is 9.59 Å². The predicted octanol–water partition coefficient (Wildman–Crippen LogP) is 5.84. The molecule has 41 heavy (non-hydrogen) atoms. The molecule has 2 N–H and O–H groups in total. The number of anilines is 1. The smallest absolute Gasteiger partial charge is 0.270 e. The standard InChI is InChI=1S/C31H31Cl2N5O3/c1-19(38-29-16-26(33)25(32)15-27(29)34-17-30(38)40)31(41)36-28(18-37-13-3-4-14-37)23-7-5-21(6-8-23)22-9-11-24(12-10-22)35-20(2)39/h5-12,15-17,19,28H,3-4,13-14,18H2,1-2H3,(H,35,39)(H,36,41). The van der Waals surface area contributed by atoms with Crippen LogP contribution in [0.1, 0.15) is 44.3 Å². The first-order chi connectivity index (χ1) is 19.7. The number of carbonyl (C=O) groups excluding carboxylic acids is 2. The van der Waals surface area contributed by atoms with Crippen LogP contribution >= 0.6 is 23.2 Å². The Morgan fingerprint density at radius 1 is 0.951 bits per heavy atom. The van der Waals surface area contributed by atoms with Crippen LogP contribution in [0.25, 0.3) is 22.2 Å². The molecule has 2 amide bonds. The van der Waals surface area contributed by atoms with Crippen LogP contribution in [0, 0.1) is 0 Å². The first kappa shape index (κ1) is 28.8. The van der Waals surface area contributed by atoms with E-state index in [1.54, 1.807) is 19.1 Å². The number of nitrogens with zero attached hydrogens (tertiary/aromatic N) is 3. The molecule has 1 aromatic heterocycles. The molecule has 4 aromatic rings. The van der Waals surface area contributed by atoms with Crippen LogP contribution in [-0.4, -0.2) is 45.9 Å². The average Bonchev–Trinajstić information content (AvgIpc) is 3.47. The number of benzene rings is 3. The normalized spacial score (nSPS) is 15.0. The van der Waals surface area contributed by atoms with Gasteiger partial charge in [-0.15, -0.1) is 0 Å². The van der Waals surface area contributed by atoms with Crippen molar-refractivity contribution in [3.05, 3.63) is 92.8 Å². The van der Waals surface area contributed by atoms with Gasteiger partial charge in [-0.2, -0.15) is 0 Å². The number of amides is 2. The number of rotatable bonds is 8. The van der Waals surface area contributed by atoms with Crippen LogP contribution < -0.4 is 16.2 Å². The Labute approximate surface area is 248 Å². The lowest BCUT2D eigenvalue weighted by Crippen LogP contribution is -2.41. The van der Waals surface area contributed by atoms with E-state index in [1.165, 1.54) is 17.7 Å².